The molecule has 0 radical (unpaired) electrons. The summed E-state index contributed by atoms with van der Waals surface area (Å²) < 4.78 is 19.8. The van der Waals surface area contributed by atoms with E-state index in [4.69, 9.17) is 4.74 Å². The molecule has 0 aliphatic rings. The number of hydrogen-bond donors (Lipinski definition) is 1. The maximum atomic E-state index is 12.3. The fourth-order valence-electron chi connectivity index (χ4n) is 1.88. The van der Waals surface area contributed by atoms with Crippen LogP contribution in [0.4, 0.5) is 0 Å². The first-order valence-corrected chi connectivity index (χ1v) is 8.89. The van der Waals surface area contributed by atoms with Gasteiger partial charge < -0.3 is 4.74 Å². The predicted octanol–water partition coefficient (Wildman–Crippen LogP) is 3.38. The lowest BCUT2D eigenvalue weighted by Gasteiger charge is -2.23. The van der Waals surface area contributed by atoms with Crippen molar-refractivity contribution in [2.75, 3.05) is 6.61 Å². The van der Waals surface area contributed by atoms with E-state index in [-0.39, 0.29) is 6.61 Å². The van der Waals surface area contributed by atoms with Crippen molar-refractivity contribution >= 4 is 22.5 Å². The third kappa shape index (κ3) is 6.28. The van der Waals surface area contributed by atoms with Gasteiger partial charge in [-0.25, -0.2) is 8.93 Å². The molecule has 0 aliphatic carbocycles. The molecule has 1 aromatic rings. The SMILES string of the molecule is C=C(C[C@@H](N[S@](=O)C(C)(C)C)C(=O)OCC)c1ccc(C)cc1. The van der Waals surface area contributed by atoms with Gasteiger partial charge in [0, 0.05) is 0 Å². The number of esters is 1. The number of carbonyl (C=O) groups excluding carboxylic acids is 1. The van der Waals surface area contributed by atoms with Gasteiger partial charge in [-0.3, -0.25) is 4.79 Å². The summed E-state index contributed by atoms with van der Waals surface area (Å²) >= 11 is 0. The van der Waals surface area contributed by atoms with Crippen molar-refractivity contribution in [3.63, 3.8) is 0 Å². The van der Waals surface area contributed by atoms with E-state index in [2.05, 4.69) is 11.3 Å². The zero-order valence-corrected chi connectivity index (χ0v) is 15.5. The van der Waals surface area contributed by atoms with E-state index in [1.165, 1.54) is 0 Å². The lowest BCUT2D eigenvalue weighted by Crippen LogP contribution is -2.44. The van der Waals surface area contributed by atoms with Gasteiger partial charge in [-0.05, 0) is 52.2 Å². The average molecular weight is 337 g/mol. The molecule has 4 nitrogen and oxygen atoms in total. The van der Waals surface area contributed by atoms with Gasteiger partial charge in [0.15, 0.2) is 0 Å². The molecular formula is C18H27NO3S. The van der Waals surface area contributed by atoms with E-state index in [0.29, 0.717) is 6.42 Å². The van der Waals surface area contributed by atoms with Crippen LogP contribution in [-0.4, -0.2) is 27.6 Å². The third-order valence-electron chi connectivity index (χ3n) is 3.29. The fraction of sp³-hybridized carbons (Fsp3) is 0.500. The molecule has 0 spiro atoms. The molecule has 128 valence electrons. The van der Waals surface area contributed by atoms with E-state index in [0.717, 1.165) is 16.7 Å². The fourth-order valence-corrected chi connectivity index (χ4v) is 2.67. The third-order valence-corrected chi connectivity index (χ3v) is 4.90. The molecule has 2 atom stereocenters. The number of carbonyl (C=O) groups is 1. The molecule has 0 aliphatic heterocycles. The highest BCUT2D eigenvalue weighted by Crippen LogP contribution is 2.20. The van der Waals surface area contributed by atoms with Crippen LogP contribution in [0.25, 0.3) is 5.57 Å². The van der Waals surface area contributed by atoms with E-state index in [1.807, 2.05) is 52.0 Å². The van der Waals surface area contributed by atoms with Gasteiger partial charge in [0.05, 0.1) is 22.3 Å². The van der Waals surface area contributed by atoms with Crippen molar-refractivity contribution in [3.05, 3.63) is 42.0 Å². The number of rotatable bonds is 7. The van der Waals surface area contributed by atoms with Crippen molar-refractivity contribution in [2.24, 2.45) is 0 Å². The lowest BCUT2D eigenvalue weighted by molar-refractivity contribution is -0.144. The molecule has 0 fully saturated rings. The normalized spacial score (nSPS) is 14.1. The first kappa shape index (κ1) is 19.6. The average Bonchev–Trinajstić information content (AvgIpc) is 2.46. The molecule has 23 heavy (non-hydrogen) atoms. The second kappa shape index (κ2) is 8.41. The van der Waals surface area contributed by atoms with E-state index in [9.17, 15) is 9.00 Å². The van der Waals surface area contributed by atoms with Crippen LogP contribution in [-0.2, 0) is 20.5 Å². The van der Waals surface area contributed by atoms with Crippen molar-refractivity contribution in [3.8, 4) is 0 Å². The Bertz CT molecular complexity index is 573. The first-order valence-electron chi connectivity index (χ1n) is 7.74. The summed E-state index contributed by atoms with van der Waals surface area (Å²) in [7, 11) is -1.36. The highest BCUT2D eigenvalue weighted by atomic mass is 32.2. The minimum absolute atomic E-state index is 0.288. The Hall–Kier alpha value is -1.46. The van der Waals surface area contributed by atoms with Crippen LogP contribution in [0, 0.1) is 6.92 Å². The molecule has 1 rings (SSSR count). The number of aryl methyl sites for hydroxylation is 1. The Kier molecular flexibility index (Phi) is 7.16. The Balaban J connectivity index is 2.87. The van der Waals surface area contributed by atoms with Crippen LogP contribution >= 0.6 is 0 Å². The van der Waals surface area contributed by atoms with Gasteiger partial charge in [0.25, 0.3) is 0 Å². The number of benzene rings is 1. The van der Waals surface area contributed by atoms with Crippen LogP contribution in [0.2, 0.25) is 0 Å². The van der Waals surface area contributed by atoms with Crippen molar-refractivity contribution < 1.29 is 13.7 Å². The first-order chi connectivity index (χ1) is 10.6. The van der Waals surface area contributed by atoms with Crippen molar-refractivity contribution in [2.45, 2.75) is 51.8 Å². The summed E-state index contributed by atoms with van der Waals surface area (Å²) in [4.78, 5) is 12.2. The molecule has 0 saturated heterocycles. The molecule has 1 aromatic carbocycles. The predicted molar refractivity (Wildman–Crippen MR) is 96.3 cm³/mol. The quantitative estimate of drug-likeness (QED) is 0.776. The number of ether oxygens (including phenoxy) is 1. The zero-order chi connectivity index (χ0) is 17.6. The Morgan fingerprint density at radius 1 is 1.30 bits per heavy atom. The minimum Gasteiger partial charge on any atom is -0.465 e. The number of nitrogens with one attached hydrogen (secondary N) is 1. The summed E-state index contributed by atoms with van der Waals surface area (Å²) in [5.74, 6) is -0.404. The van der Waals surface area contributed by atoms with Gasteiger partial charge in [-0.15, -0.1) is 0 Å². The highest BCUT2D eigenvalue weighted by Gasteiger charge is 2.28. The molecular weight excluding hydrogens is 310 g/mol. The lowest BCUT2D eigenvalue weighted by atomic mass is 10.00. The molecule has 0 aromatic heterocycles. The van der Waals surface area contributed by atoms with E-state index < -0.39 is 27.7 Å². The second-order valence-electron chi connectivity index (χ2n) is 6.48. The van der Waals surface area contributed by atoms with Crippen LogP contribution in [0.3, 0.4) is 0 Å². The Labute approximate surface area is 141 Å². The highest BCUT2D eigenvalue weighted by molar-refractivity contribution is 7.84. The maximum Gasteiger partial charge on any atom is 0.324 e. The topological polar surface area (TPSA) is 55.4 Å². The summed E-state index contributed by atoms with van der Waals surface area (Å²) in [6, 6.07) is 7.27. The van der Waals surface area contributed by atoms with E-state index in [1.54, 1.807) is 6.92 Å². The molecule has 5 heteroatoms. The van der Waals surface area contributed by atoms with Crippen LogP contribution in [0.15, 0.2) is 30.8 Å². The standard InChI is InChI=1S/C18H27NO3S/c1-7-22-17(20)16(19-23(21)18(4,5)6)12-14(3)15-10-8-13(2)9-11-15/h8-11,16,19H,3,7,12H2,1-2,4-6H3/t16-,23-/m1/s1. The summed E-state index contributed by atoms with van der Waals surface area (Å²) in [6.07, 6.45) is 0.351. The van der Waals surface area contributed by atoms with Crippen molar-refractivity contribution in [1.82, 2.24) is 4.72 Å². The van der Waals surface area contributed by atoms with Gasteiger partial charge in [0.1, 0.15) is 6.04 Å². The van der Waals surface area contributed by atoms with Crippen molar-refractivity contribution in [1.29, 1.82) is 0 Å². The summed E-state index contributed by atoms with van der Waals surface area (Å²) in [6.45, 7) is 13.7. The Morgan fingerprint density at radius 3 is 2.35 bits per heavy atom. The van der Waals surface area contributed by atoms with Gasteiger partial charge in [0.2, 0.25) is 0 Å². The summed E-state index contributed by atoms with van der Waals surface area (Å²) in [5.41, 5.74) is 2.94. The van der Waals surface area contributed by atoms with Gasteiger partial charge in [-0.2, -0.15) is 0 Å². The van der Waals surface area contributed by atoms with Gasteiger partial charge in [-0.1, -0.05) is 36.4 Å². The molecule has 0 amide bonds. The number of hydrogen-bond acceptors (Lipinski definition) is 3. The molecule has 0 saturated carbocycles. The Morgan fingerprint density at radius 2 is 1.87 bits per heavy atom. The molecule has 0 bridgehead atoms. The van der Waals surface area contributed by atoms with Gasteiger partial charge >= 0.3 is 5.97 Å². The molecule has 1 N–H and O–H groups in total. The van der Waals surface area contributed by atoms with Crippen LogP contribution < -0.4 is 4.72 Å². The smallest absolute Gasteiger partial charge is 0.324 e. The van der Waals surface area contributed by atoms with Crippen LogP contribution in [0.5, 0.6) is 0 Å². The van der Waals surface area contributed by atoms with E-state index >= 15 is 0 Å². The summed E-state index contributed by atoms with van der Waals surface area (Å²) in [5, 5.41) is 0. The van der Waals surface area contributed by atoms with Crippen LogP contribution in [0.1, 0.15) is 45.2 Å². The molecule has 0 unspecified atom stereocenters. The largest absolute Gasteiger partial charge is 0.465 e. The monoisotopic (exact) mass is 337 g/mol. The zero-order valence-electron chi connectivity index (χ0n) is 14.6. The second-order valence-corrected chi connectivity index (χ2v) is 8.48. The molecule has 0 heterocycles. The maximum absolute atomic E-state index is 12.3. The minimum atomic E-state index is -1.36.